The quantitative estimate of drug-likeness (QED) is 0.503. The molecule has 0 radical (unpaired) electrons. The van der Waals surface area contributed by atoms with Crippen LogP contribution in [0, 0.1) is 0 Å². The molecule has 11 heteroatoms. The van der Waals surface area contributed by atoms with Gasteiger partial charge in [0.2, 0.25) is 0 Å². The molecule has 2 N–H and O–H groups in total. The number of aromatic nitrogens is 2. The number of hydrogen-bond acceptors (Lipinski definition) is 5. The van der Waals surface area contributed by atoms with Crippen LogP contribution in [0.25, 0.3) is 0 Å². The molecule has 0 fully saturated rings. The van der Waals surface area contributed by atoms with Crippen LogP contribution in [0.1, 0.15) is 40.2 Å². The van der Waals surface area contributed by atoms with Gasteiger partial charge in [0.05, 0.1) is 25.5 Å². The molecule has 4 rings (SSSR count). The monoisotopic (exact) mass is 505 g/mol. The number of halogens is 3. The summed E-state index contributed by atoms with van der Waals surface area (Å²) in [4.78, 5) is 21.5. The number of nitrogens with zero attached hydrogens (tertiary/aromatic N) is 2. The van der Waals surface area contributed by atoms with E-state index in [0.717, 1.165) is 18.7 Å². The van der Waals surface area contributed by atoms with Gasteiger partial charge in [-0.05, 0) is 42.7 Å². The van der Waals surface area contributed by atoms with Crippen LogP contribution < -0.4 is 10.1 Å². The van der Waals surface area contributed by atoms with Gasteiger partial charge < -0.3 is 19.9 Å². The van der Waals surface area contributed by atoms with E-state index in [9.17, 15) is 18.0 Å². The van der Waals surface area contributed by atoms with Crippen molar-refractivity contribution in [3.8, 4) is 5.75 Å². The van der Waals surface area contributed by atoms with Crippen molar-refractivity contribution in [3.63, 3.8) is 0 Å². The van der Waals surface area contributed by atoms with Crippen LogP contribution in [-0.4, -0.2) is 52.7 Å². The number of aliphatic carboxylic acids is 1. The molecule has 0 spiro atoms. The van der Waals surface area contributed by atoms with E-state index in [2.05, 4.69) is 23.6 Å². The highest BCUT2D eigenvalue weighted by Gasteiger charge is 2.38. The molecule has 1 atom stereocenters. The number of fused-ring (bicyclic) bond motifs is 1. The molecule has 2 aromatic carbocycles. The highest BCUT2D eigenvalue weighted by molar-refractivity contribution is 5.94. The molecule has 1 aliphatic heterocycles. The highest BCUT2D eigenvalue weighted by Crippen LogP contribution is 2.25. The zero-order valence-corrected chi connectivity index (χ0v) is 19.5. The lowest BCUT2D eigenvalue weighted by atomic mass is 10.1. The average Bonchev–Trinajstić information content (AvgIpc) is 3.26. The summed E-state index contributed by atoms with van der Waals surface area (Å²) in [5.74, 6) is -2.21. The Kier molecular flexibility index (Phi) is 9.07. The Bertz CT molecular complexity index is 1170. The number of amides is 1. The third kappa shape index (κ3) is 7.57. The Morgan fingerprint density at radius 3 is 2.58 bits per heavy atom. The van der Waals surface area contributed by atoms with Gasteiger partial charge in [0.1, 0.15) is 11.9 Å². The minimum absolute atomic E-state index is 0.147. The number of ether oxygens (including phenoxy) is 2. The van der Waals surface area contributed by atoms with E-state index in [4.69, 9.17) is 24.5 Å². The molecule has 2 heterocycles. The van der Waals surface area contributed by atoms with E-state index in [-0.39, 0.29) is 12.0 Å². The second-order valence-electron chi connectivity index (χ2n) is 7.81. The summed E-state index contributed by atoms with van der Waals surface area (Å²) in [5.41, 5.74) is 3.87. The van der Waals surface area contributed by atoms with Gasteiger partial charge in [0.15, 0.2) is 0 Å². The Labute approximate surface area is 205 Å². The summed E-state index contributed by atoms with van der Waals surface area (Å²) in [6, 6.07) is 17.4. The van der Waals surface area contributed by atoms with Gasteiger partial charge in [0, 0.05) is 18.3 Å². The van der Waals surface area contributed by atoms with Gasteiger partial charge in [-0.25, -0.2) is 4.79 Å². The lowest BCUT2D eigenvalue weighted by Crippen LogP contribution is -2.32. The molecule has 1 unspecified atom stereocenters. The second kappa shape index (κ2) is 12.2. The van der Waals surface area contributed by atoms with Crippen LogP contribution in [0.5, 0.6) is 5.75 Å². The number of alkyl halides is 3. The van der Waals surface area contributed by atoms with E-state index in [1.54, 1.807) is 12.1 Å². The van der Waals surface area contributed by atoms with Crippen molar-refractivity contribution in [2.75, 3.05) is 19.8 Å². The molecule has 0 saturated heterocycles. The van der Waals surface area contributed by atoms with Crippen LogP contribution in [-0.2, 0) is 22.5 Å². The molecule has 0 aliphatic carbocycles. The number of carboxylic acid groups (broad SMARTS) is 1. The summed E-state index contributed by atoms with van der Waals surface area (Å²) in [6.45, 7) is 4.21. The zero-order valence-electron chi connectivity index (χ0n) is 19.5. The molecule has 1 aliphatic rings. The fraction of sp³-hybridized carbons (Fsp3) is 0.320. The zero-order chi connectivity index (χ0) is 26.1. The summed E-state index contributed by atoms with van der Waals surface area (Å²) >= 11 is 0. The molecular formula is C25H26F3N3O5. The van der Waals surface area contributed by atoms with Gasteiger partial charge in [-0.15, -0.1) is 0 Å². The van der Waals surface area contributed by atoms with Gasteiger partial charge in [-0.3, -0.25) is 9.48 Å². The summed E-state index contributed by atoms with van der Waals surface area (Å²) in [7, 11) is 0. The third-order valence-electron chi connectivity index (χ3n) is 5.15. The lowest BCUT2D eigenvalue weighted by molar-refractivity contribution is -0.192. The molecule has 3 aromatic rings. The number of carboxylic acids is 1. The first-order valence-electron chi connectivity index (χ1n) is 11.2. The molecule has 0 bridgehead atoms. The van der Waals surface area contributed by atoms with E-state index in [1.165, 1.54) is 11.1 Å². The largest absolute Gasteiger partial charge is 0.494 e. The first kappa shape index (κ1) is 26.7. The van der Waals surface area contributed by atoms with Gasteiger partial charge in [-0.1, -0.05) is 36.4 Å². The van der Waals surface area contributed by atoms with Crippen LogP contribution in [0.15, 0.2) is 60.8 Å². The first-order chi connectivity index (χ1) is 17.2. The summed E-state index contributed by atoms with van der Waals surface area (Å²) < 4.78 is 45.1. The number of hydrogen-bond donors (Lipinski definition) is 2. The average molecular weight is 505 g/mol. The van der Waals surface area contributed by atoms with Crippen molar-refractivity contribution >= 4 is 11.9 Å². The lowest BCUT2D eigenvalue weighted by Gasteiger charge is -2.22. The Morgan fingerprint density at radius 1 is 1.19 bits per heavy atom. The normalized spacial score (nSPS) is 14.7. The second-order valence-corrected chi connectivity index (χ2v) is 7.81. The van der Waals surface area contributed by atoms with Gasteiger partial charge in [0.25, 0.3) is 5.91 Å². The van der Waals surface area contributed by atoms with Crippen molar-refractivity contribution in [2.24, 2.45) is 0 Å². The molecule has 192 valence electrons. The van der Waals surface area contributed by atoms with Gasteiger partial charge >= 0.3 is 12.1 Å². The Morgan fingerprint density at radius 2 is 1.92 bits per heavy atom. The van der Waals surface area contributed by atoms with Crippen LogP contribution >= 0.6 is 0 Å². The maximum absolute atomic E-state index is 12.6. The predicted octanol–water partition coefficient (Wildman–Crippen LogP) is 4.01. The Hall–Kier alpha value is -3.86. The maximum Gasteiger partial charge on any atom is 0.490 e. The predicted molar refractivity (Wildman–Crippen MR) is 124 cm³/mol. The van der Waals surface area contributed by atoms with E-state index in [0.29, 0.717) is 31.1 Å². The van der Waals surface area contributed by atoms with Crippen molar-refractivity contribution in [1.82, 2.24) is 15.1 Å². The fourth-order valence-electron chi connectivity index (χ4n) is 3.52. The molecule has 8 nitrogen and oxygen atoms in total. The van der Waals surface area contributed by atoms with Gasteiger partial charge in [-0.2, -0.15) is 18.3 Å². The molecule has 36 heavy (non-hydrogen) atoms. The third-order valence-corrected chi connectivity index (χ3v) is 5.15. The molecule has 1 aromatic heterocycles. The van der Waals surface area contributed by atoms with Crippen LogP contribution in [0.4, 0.5) is 13.2 Å². The summed E-state index contributed by atoms with van der Waals surface area (Å²) in [6.07, 6.45) is -2.40. The van der Waals surface area contributed by atoms with E-state index in [1.807, 2.05) is 41.9 Å². The molecule has 1 amide bonds. The number of rotatable bonds is 7. The highest BCUT2D eigenvalue weighted by atomic mass is 19.4. The maximum atomic E-state index is 12.6. The van der Waals surface area contributed by atoms with Crippen LogP contribution in [0.3, 0.4) is 0 Å². The molecular weight excluding hydrogens is 479 g/mol. The number of benzene rings is 2. The smallest absolute Gasteiger partial charge is 0.490 e. The molecule has 0 saturated carbocycles. The SMILES string of the molecule is CCOc1cccc(C(=O)NCC2OCCc3cn(Cc4ccccc4)nc32)c1.O=C(O)C(F)(F)F. The summed E-state index contributed by atoms with van der Waals surface area (Å²) in [5, 5.41) is 14.8. The number of carbonyl (C=O) groups excluding carboxylic acids is 1. The van der Waals surface area contributed by atoms with Crippen molar-refractivity contribution in [2.45, 2.75) is 32.2 Å². The topological polar surface area (TPSA) is 103 Å². The van der Waals surface area contributed by atoms with E-state index < -0.39 is 12.1 Å². The van der Waals surface area contributed by atoms with Crippen molar-refractivity contribution in [1.29, 1.82) is 0 Å². The first-order valence-corrected chi connectivity index (χ1v) is 11.2. The number of nitrogens with one attached hydrogen (secondary N) is 1. The minimum atomic E-state index is -5.08. The van der Waals surface area contributed by atoms with Crippen LogP contribution in [0.2, 0.25) is 0 Å². The fourth-order valence-corrected chi connectivity index (χ4v) is 3.52. The minimum Gasteiger partial charge on any atom is -0.494 e. The van der Waals surface area contributed by atoms with Crippen molar-refractivity contribution in [3.05, 3.63) is 83.2 Å². The number of carbonyl (C=O) groups is 2. The Balaban J connectivity index is 0.000000454. The van der Waals surface area contributed by atoms with Crippen molar-refractivity contribution < 1.29 is 37.3 Å². The standard InChI is InChI=1S/C23H25N3O3.C2HF3O2/c1-2-28-20-10-6-9-18(13-20)23(27)24-14-21-22-19(11-12-29-21)16-26(25-22)15-17-7-4-3-5-8-17;3-2(4,5)1(6)7/h3-10,13,16,21H,2,11-12,14-15H2,1H3,(H,24,27);(H,6,7). The van der Waals surface area contributed by atoms with E-state index >= 15 is 0 Å².